The first-order chi connectivity index (χ1) is 5.86. The average molecular weight is 162 g/mol. The van der Waals surface area contributed by atoms with E-state index in [1.807, 2.05) is 0 Å². The quantitative estimate of drug-likeness (QED) is 0.389. The molecule has 0 aromatic heterocycles. The Bertz CT molecular complexity index is 307. The van der Waals surface area contributed by atoms with Crippen molar-refractivity contribution < 1.29 is 9.53 Å². The Labute approximate surface area is 70.6 Å². The lowest BCUT2D eigenvalue weighted by atomic mass is 9.85. The summed E-state index contributed by atoms with van der Waals surface area (Å²) in [5.41, 5.74) is 0. The summed E-state index contributed by atoms with van der Waals surface area (Å²) in [4.78, 5) is 11.7. The fourth-order valence-electron chi connectivity index (χ4n) is 3.54. The van der Waals surface area contributed by atoms with Crippen molar-refractivity contribution in [3.63, 3.8) is 0 Å². The molecule has 0 unspecified atom stereocenters. The molecule has 4 aliphatic rings. The molecule has 0 aromatic rings. The molecule has 3 fully saturated rings. The van der Waals surface area contributed by atoms with Gasteiger partial charge in [-0.05, 0) is 18.3 Å². The minimum absolute atomic E-state index is 0.0187. The van der Waals surface area contributed by atoms with E-state index in [9.17, 15) is 4.79 Å². The molecular weight excluding hydrogens is 152 g/mol. The Hall–Kier alpha value is -0.630. The van der Waals surface area contributed by atoms with Crippen LogP contribution in [0.1, 0.15) is 6.42 Å². The van der Waals surface area contributed by atoms with E-state index in [0.717, 1.165) is 0 Å². The summed E-state index contributed by atoms with van der Waals surface area (Å²) in [5.74, 6) is 2.56. The summed E-state index contributed by atoms with van der Waals surface area (Å²) in [7, 11) is 0. The van der Waals surface area contributed by atoms with Gasteiger partial charge in [-0.3, -0.25) is 4.79 Å². The highest BCUT2D eigenvalue weighted by Crippen LogP contribution is 2.60. The number of ketones is 1. The smallest absolute Gasteiger partial charge is 0.168 e. The first-order valence-electron chi connectivity index (χ1n) is 4.74. The van der Waals surface area contributed by atoms with Crippen LogP contribution in [0, 0.1) is 23.7 Å². The number of allylic oxidation sites excluding steroid dienone is 2. The summed E-state index contributed by atoms with van der Waals surface area (Å²) < 4.78 is 5.35. The lowest BCUT2D eigenvalue weighted by Gasteiger charge is -2.20. The third kappa shape index (κ3) is 0.446. The molecule has 2 bridgehead atoms. The third-order valence-electron chi connectivity index (χ3n) is 4.03. The van der Waals surface area contributed by atoms with Gasteiger partial charge in [0.1, 0.15) is 6.10 Å². The number of hydrogen-bond acceptors (Lipinski definition) is 2. The Kier molecular flexibility index (Phi) is 0.756. The van der Waals surface area contributed by atoms with E-state index in [1.54, 1.807) is 0 Å². The van der Waals surface area contributed by atoms with Gasteiger partial charge in [0.05, 0.1) is 6.10 Å². The average Bonchev–Trinajstić information content (AvgIpc) is 2.49. The van der Waals surface area contributed by atoms with Crippen molar-refractivity contribution in [1.82, 2.24) is 0 Å². The molecular formula is C10H10O2. The van der Waals surface area contributed by atoms with Crippen molar-refractivity contribution in [3.05, 3.63) is 12.2 Å². The Morgan fingerprint density at radius 2 is 2.17 bits per heavy atom. The number of fused-ring (bicyclic) bond motifs is 7. The number of epoxide rings is 1. The maximum absolute atomic E-state index is 11.7. The van der Waals surface area contributed by atoms with Crippen molar-refractivity contribution in [2.24, 2.45) is 23.7 Å². The van der Waals surface area contributed by atoms with E-state index in [4.69, 9.17) is 4.74 Å². The molecule has 3 aliphatic carbocycles. The van der Waals surface area contributed by atoms with Crippen LogP contribution in [0.25, 0.3) is 0 Å². The molecule has 6 atom stereocenters. The molecule has 0 radical (unpaired) electrons. The Morgan fingerprint density at radius 3 is 3.00 bits per heavy atom. The molecule has 1 heterocycles. The zero-order chi connectivity index (χ0) is 7.87. The van der Waals surface area contributed by atoms with Gasteiger partial charge in [0.2, 0.25) is 0 Å². The van der Waals surface area contributed by atoms with Gasteiger partial charge in [-0.1, -0.05) is 12.2 Å². The maximum atomic E-state index is 11.7. The van der Waals surface area contributed by atoms with Gasteiger partial charge in [-0.2, -0.15) is 0 Å². The summed E-state index contributed by atoms with van der Waals surface area (Å²) in [6.07, 6.45) is 6.10. The Morgan fingerprint density at radius 1 is 1.33 bits per heavy atom. The van der Waals surface area contributed by atoms with E-state index in [0.29, 0.717) is 35.6 Å². The summed E-state index contributed by atoms with van der Waals surface area (Å²) >= 11 is 0. The van der Waals surface area contributed by atoms with Crippen LogP contribution in [-0.2, 0) is 9.53 Å². The molecule has 62 valence electrons. The summed E-state index contributed by atoms with van der Waals surface area (Å²) in [5, 5.41) is 0. The second kappa shape index (κ2) is 1.53. The van der Waals surface area contributed by atoms with Crippen molar-refractivity contribution in [1.29, 1.82) is 0 Å². The van der Waals surface area contributed by atoms with Crippen LogP contribution in [0.3, 0.4) is 0 Å². The predicted octanol–water partition coefficient (Wildman–Crippen LogP) is 0.775. The van der Waals surface area contributed by atoms with E-state index < -0.39 is 0 Å². The van der Waals surface area contributed by atoms with Gasteiger partial charge in [0.25, 0.3) is 0 Å². The fourth-order valence-corrected chi connectivity index (χ4v) is 3.54. The fraction of sp³-hybridized carbons (Fsp3) is 0.700. The van der Waals surface area contributed by atoms with Crippen molar-refractivity contribution in [3.8, 4) is 0 Å². The van der Waals surface area contributed by atoms with E-state index in [1.165, 1.54) is 6.42 Å². The number of carbonyl (C=O) groups excluding carboxylic acids is 1. The molecule has 12 heavy (non-hydrogen) atoms. The number of rotatable bonds is 0. The monoisotopic (exact) mass is 162 g/mol. The molecule has 0 aromatic carbocycles. The first kappa shape index (κ1) is 5.92. The lowest BCUT2D eigenvalue weighted by Crippen LogP contribution is -2.25. The molecule has 0 spiro atoms. The molecule has 0 N–H and O–H groups in total. The van der Waals surface area contributed by atoms with Gasteiger partial charge < -0.3 is 4.74 Å². The van der Waals surface area contributed by atoms with Crippen LogP contribution in [0.4, 0.5) is 0 Å². The molecule has 2 saturated carbocycles. The van der Waals surface area contributed by atoms with Crippen LogP contribution in [-0.4, -0.2) is 18.0 Å². The number of ether oxygens (including phenoxy) is 1. The second-order valence-corrected chi connectivity index (χ2v) is 4.48. The second-order valence-electron chi connectivity index (χ2n) is 4.48. The number of carbonyl (C=O) groups is 1. The zero-order valence-corrected chi connectivity index (χ0v) is 6.64. The Balaban J connectivity index is 1.86. The third-order valence-corrected chi connectivity index (χ3v) is 4.03. The van der Waals surface area contributed by atoms with Gasteiger partial charge in [-0.25, -0.2) is 0 Å². The minimum atomic E-state index is 0.0187. The summed E-state index contributed by atoms with van der Waals surface area (Å²) in [6.45, 7) is 0. The first-order valence-corrected chi connectivity index (χ1v) is 4.74. The van der Waals surface area contributed by atoms with E-state index in [2.05, 4.69) is 12.2 Å². The van der Waals surface area contributed by atoms with Gasteiger partial charge in [-0.15, -0.1) is 0 Å². The number of Topliss-reactive ketones (excluding diaryl/α,β-unsaturated/α-hetero) is 1. The van der Waals surface area contributed by atoms with Crippen LogP contribution < -0.4 is 0 Å². The predicted molar refractivity (Wildman–Crippen MR) is 41.4 cm³/mol. The standard InChI is InChI=1S/C10H10O2/c11-8-6-4-1-2-5(3-4)7(6)9-10(8)12-9/h1-2,4-7,9-10H,3H2/t4-,5+,6-,7+,9-,10+/m1/s1. The molecule has 2 nitrogen and oxygen atoms in total. The minimum Gasteiger partial charge on any atom is -0.361 e. The topological polar surface area (TPSA) is 29.6 Å². The molecule has 4 rings (SSSR count). The van der Waals surface area contributed by atoms with Crippen molar-refractivity contribution >= 4 is 5.78 Å². The van der Waals surface area contributed by atoms with Crippen LogP contribution in [0.15, 0.2) is 12.2 Å². The van der Waals surface area contributed by atoms with Crippen LogP contribution >= 0.6 is 0 Å². The van der Waals surface area contributed by atoms with Gasteiger partial charge >= 0.3 is 0 Å². The van der Waals surface area contributed by atoms with Gasteiger partial charge in [0, 0.05) is 11.8 Å². The van der Waals surface area contributed by atoms with Crippen molar-refractivity contribution in [2.75, 3.05) is 0 Å². The van der Waals surface area contributed by atoms with Gasteiger partial charge in [0.15, 0.2) is 5.78 Å². The highest BCUT2D eigenvalue weighted by Gasteiger charge is 2.68. The van der Waals surface area contributed by atoms with E-state index in [-0.39, 0.29) is 6.10 Å². The normalized spacial score (nSPS) is 63.8. The molecule has 1 aliphatic heterocycles. The molecule has 1 saturated heterocycles. The molecule has 0 amide bonds. The molecule has 2 heteroatoms. The van der Waals surface area contributed by atoms with Crippen LogP contribution in [0.2, 0.25) is 0 Å². The largest absolute Gasteiger partial charge is 0.361 e. The number of hydrogen-bond donors (Lipinski definition) is 0. The maximum Gasteiger partial charge on any atom is 0.168 e. The van der Waals surface area contributed by atoms with Crippen LogP contribution in [0.5, 0.6) is 0 Å². The SMILES string of the molecule is O=C1[C@H]2[C@@H]([C@H]3O[C@@H]13)[C@H]1C=C[C@@H]2C1. The zero-order valence-electron chi connectivity index (χ0n) is 6.64. The highest BCUT2D eigenvalue weighted by atomic mass is 16.6. The summed E-state index contributed by atoms with van der Waals surface area (Å²) in [6, 6.07) is 0. The van der Waals surface area contributed by atoms with E-state index >= 15 is 0 Å². The van der Waals surface area contributed by atoms with Crippen molar-refractivity contribution in [2.45, 2.75) is 18.6 Å². The lowest BCUT2D eigenvalue weighted by molar-refractivity contribution is -0.125. The highest BCUT2D eigenvalue weighted by molar-refractivity contribution is 5.92.